The molecule has 3 rings (SSSR count). The van der Waals surface area contributed by atoms with Gasteiger partial charge >= 0.3 is 5.69 Å². The summed E-state index contributed by atoms with van der Waals surface area (Å²) in [6.45, 7) is 0.680. The average molecular weight is 322 g/mol. The largest absolute Gasteiger partial charge is 0.502 e. The number of carbonyl (C=O) groups excluding carboxylic acids is 1. The van der Waals surface area contributed by atoms with Gasteiger partial charge in [-0.25, -0.2) is 0 Å². The Balaban J connectivity index is 1.86. The number of hydrogen-bond acceptors (Lipinski definition) is 5. The molecule has 1 aliphatic carbocycles. The Bertz CT molecular complexity index is 605. The molecule has 6 nitrogen and oxygen atoms in total. The fraction of sp³-hybridized carbons (Fsp3) is 0.533. The number of rotatable bonds is 2. The Morgan fingerprint density at radius 3 is 2.91 bits per heavy atom. The molecule has 1 amide bonds. The number of phenolic OH excluding ortho intramolecular Hbond substituents is 1. The summed E-state index contributed by atoms with van der Waals surface area (Å²) in [5.41, 5.74) is -0.141. The lowest BCUT2D eigenvalue weighted by molar-refractivity contribution is -0.385. The predicted octanol–water partition coefficient (Wildman–Crippen LogP) is 2.80. The van der Waals surface area contributed by atoms with E-state index < -0.39 is 16.4 Å². The minimum absolute atomic E-state index is 0.166. The van der Waals surface area contributed by atoms with Crippen LogP contribution in [0.1, 0.15) is 36.0 Å². The van der Waals surface area contributed by atoms with E-state index in [9.17, 15) is 20.0 Å². The highest BCUT2D eigenvalue weighted by Crippen LogP contribution is 2.36. The third-order valence-corrected chi connectivity index (χ3v) is 5.81. The second kappa shape index (κ2) is 6.16. The van der Waals surface area contributed by atoms with E-state index >= 15 is 0 Å². The van der Waals surface area contributed by atoms with Gasteiger partial charge in [-0.15, -0.1) is 0 Å². The quantitative estimate of drug-likeness (QED) is 0.668. The average Bonchev–Trinajstić information content (AvgIpc) is 2.54. The van der Waals surface area contributed by atoms with Crippen LogP contribution in [0.15, 0.2) is 18.2 Å². The summed E-state index contributed by atoms with van der Waals surface area (Å²) in [6.07, 6.45) is 4.47. The van der Waals surface area contributed by atoms with Crippen LogP contribution in [0, 0.1) is 10.1 Å². The summed E-state index contributed by atoms with van der Waals surface area (Å²) in [4.78, 5) is 24.9. The van der Waals surface area contributed by atoms with Gasteiger partial charge in [-0.05, 0) is 25.0 Å². The zero-order valence-corrected chi connectivity index (χ0v) is 12.9. The van der Waals surface area contributed by atoms with Crippen molar-refractivity contribution < 1.29 is 14.8 Å². The van der Waals surface area contributed by atoms with Crippen LogP contribution in [-0.2, 0) is 0 Å². The fourth-order valence-electron chi connectivity index (χ4n) is 3.32. The number of nitrogens with zero attached hydrogens (tertiary/aromatic N) is 2. The molecule has 0 aromatic heterocycles. The summed E-state index contributed by atoms with van der Waals surface area (Å²) in [7, 11) is 0. The number of aromatic hydroxyl groups is 1. The van der Waals surface area contributed by atoms with E-state index in [0.29, 0.717) is 11.8 Å². The number of nitro groups is 1. The lowest BCUT2D eigenvalue weighted by Crippen LogP contribution is -2.51. The number of thioether (sulfide) groups is 1. The van der Waals surface area contributed by atoms with Crippen LogP contribution in [0.25, 0.3) is 0 Å². The Kier molecular flexibility index (Phi) is 4.24. The third-order valence-electron chi connectivity index (χ3n) is 4.41. The Labute approximate surface area is 132 Å². The van der Waals surface area contributed by atoms with Crippen LogP contribution in [0.2, 0.25) is 0 Å². The predicted molar refractivity (Wildman–Crippen MR) is 84.3 cm³/mol. The molecule has 0 radical (unpaired) electrons. The van der Waals surface area contributed by atoms with Crippen molar-refractivity contribution in [3.8, 4) is 5.75 Å². The SMILES string of the molecule is O=C(c1ccc(O)c([N+](=O)[O-])c1)N1CCS[C@@H]2CCCC[C@H]21. The minimum Gasteiger partial charge on any atom is -0.502 e. The second-order valence-electron chi connectivity index (χ2n) is 5.72. The number of fused-ring (bicyclic) bond motifs is 1. The topological polar surface area (TPSA) is 83.7 Å². The zero-order valence-electron chi connectivity index (χ0n) is 12.1. The number of amides is 1. The lowest BCUT2D eigenvalue weighted by Gasteiger charge is -2.43. The van der Waals surface area contributed by atoms with Gasteiger partial charge in [-0.3, -0.25) is 14.9 Å². The molecular weight excluding hydrogens is 304 g/mol. The van der Waals surface area contributed by atoms with Crippen molar-refractivity contribution in [1.29, 1.82) is 0 Å². The van der Waals surface area contributed by atoms with Gasteiger partial charge < -0.3 is 10.0 Å². The van der Waals surface area contributed by atoms with Crippen LogP contribution < -0.4 is 0 Å². The molecule has 0 bridgehead atoms. The van der Waals surface area contributed by atoms with Crippen molar-refractivity contribution in [2.45, 2.75) is 37.0 Å². The molecular formula is C15H18N2O4S. The monoisotopic (exact) mass is 322 g/mol. The lowest BCUT2D eigenvalue weighted by atomic mass is 9.92. The van der Waals surface area contributed by atoms with E-state index in [2.05, 4.69) is 0 Å². The Morgan fingerprint density at radius 2 is 2.14 bits per heavy atom. The van der Waals surface area contributed by atoms with Gasteiger partial charge in [0, 0.05) is 35.2 Å². The molecule has 2 aliphatic rings. The molecule has 7 heteroatoms. The molecule has 1 heterocycles. The summed E-state index contributed by atoms with van der Waals surface area (Å²) < 4.78 is 0. The molecule has 1 aromatic rings. The molecule has 118 valence electrons. The van der Waals surface area contributed by atoms with E-state index in [1.54, 1.807) is 0 Å². The van der Waals surface area contributed by atoms with E-state index in [4.69, 9.17) is 0 Å². The molecule has 1 N–H and O–H groups in total. The highest BCUT2D eigenvalue weighted by Gasteiger charge is 2.36. The number of phenols is 1. The number of nitro benzene ring substituents is 1. The van der Waals surface area contributed by atoms with Crippen LogP contribution in [0.4, 0.5) is 5.69 Å². The first-order chi connectivity index (χ1) is 10.6. The van der Waals surface area contributed by atoms with E-state index in [-0.39, 0.29) is 17.5 Å². The fourth-order valence-corrected chi connectivity index (χ4v) is 4.76. The molecule has 1 saturated carbocycles. The van der Waals surface area contributed by atoms with Crippen molar-refractivity contribution in [2.75, 3.05) is 12.3 Å². The van der Waals surface area contributed by atoms with Crippen molar-refractivity contribution >= 4 is 23.4 Å². The first-order valence-corrected chi connectivity index (χ1v) is 8.53. The maximum Gasteiger partial charge on any atom is 0.311 e. The highest BCUT2D eigenvalue weighted by molar-refractivity contribution is 8.00. The molecule has 1 aliphatic heterocycles. The smallest absolute Gasteiger partial charge is 0.311 e. The van der Waals surface area contributed by atoms with Gasteiger partial charge in [0.05, 0.1) is 4.92 Å². The number of hydrogen-bond donors (Lipinski definition) is 1. The molecule has 1 saturated heterocycles. The molecule has 0 spiro atoms. The van der Waals surface area contributed by atoms with Crippen molar-refractivity contribution in [1.82, 2.24) is 4.90 Å². The number of carbonyl (C=O) groups is 1. The summed E-state index contributed by atoms with van der Waals surface area (Å²) in [5, 5.41) is 20.9. The standard InChI is InChI=1S/C15H18N2O4S/c18-13-6-5-10(9-12(13)17(20)21)15(19)16-7-8-22-14-4-2-1-3-11(14)16/h5-6,9,11,14,18H,1-4,7-8H2/t11-,14-/m1/s1. The number of benzene rings is 1. The maximum atomic E-state index is 12.8. The van der Waals surface area contributed by atoms with Crippen molar-refractivity contribution in [2.24, 2.45) is 0 Å². The van der Waals surface area contributed by atoms with Gasteiger partial charge in [0.25, 0.3) is 5.91 Å². The first kappa shape index (κ1) is 15.1. The molecule has 2 fully saturated rings. The Morgan fingerprint density at radius 1 is 1.36 bits per heavy atom. The summed E-state index contributed by atoms with van der Waals surface area (Å²) in [5.74, 6) is 0.333. The zero-order chi connectivity index (χ0) is 15.7. The van der Waals surface area contributed by atoms with Gasteiger partial charge in [-0.2, -0.15) is 11.8 Å². The molecule has 22 heavy (non-hydrogen) atoms. The van der Waals surface area contributed by atoms with Crippen molar-refractivity contribution in [3.05, 3.63) is 33.9 Å². The molecule has 0 unspecified atom stereocenters. The Hall–Kier alpha value is -1.76. The van der Waals surface area contributed by atoms with Crippen LogP contribution in [0.3, 0.4) is 0 Å². The molecule has 2 atom stereocenters. The summed E-state index contributed by atoms with van der Waals surface area (Å²) >= 11 is 1.93. The minimum atomic E-state index is -0.665. The van der Waals surface area contributed by atoms with Crippen LogP contribution in [0.5, 0.6) is 5.75 Å². The van der Waals surface area contributed by atoms with Gasteiger partial charge in [0.15, 0.2) is 5.75 Å². The van der Waals surface area contributed by atoms with Crippen LogP contribution in [-0.4, -0.2) is 44.4 Å². The maximum absolute atomic E-state index is 12.8. The normalized spacial score (nSPS) is 24.6. The van der Waals surface area contributed by atoms with Gasteiger partial charge in [0.2, 0.25) is 0 Å². The first-order valence-electron chi connectivity index (χ1n) is 7.48. The van der Waals surface area contributed by atoms with Gasteiger partial charge in [0.1, 0.15) is 0 Å². The summed E-state index contributed by atoms with van der Waals surface area (Å²) in [6, 6.07) is 4.09. The van der Waals surface area contributed by atoms with E-state index in [0.717, 1.165) is 25.0 Å². The van der Waals surface area contributed by atoms with E-state index in [1.165, 1.54) is 24.6 Å². The third kappa shape index (κ3) is 2.77. The van der Waals surface area contributed by atoms with Gasteiger partial charge in [-0.1, -0.05) is 12.8 Å². The van der Waals surface area contributed by atoms with Crippen LogP contribution >= 0.6 is 11.8 Å². The van der Waals surface area contributed by atoms with E-state index in [1.807, 2.05) is 16.7 Å². The highest BCUT2D eigenvalue weighted by atomic mass is 32.2. The molecule has 1 aromatic carbocycles. The second-order valence-corrected chi connectivity index (χ2v) is 7.07. The van der Waals surface area contributed by atoms with Crippen molar-refractivity contribution in [3.63, 3.8) is 0 Å².